The van der Waals surface area contributed by atoms with Crippen molar-refractivity contribution >= 4 is 24.0 Å². The molecule has 1 aliphatic heterocycles. The standard InChI is InChI=1S/C18H26BrN3O2Si/c1-25(2,3)8-7-23-14-22-17(20-13-21-22)10-18(11-24-12-18)15-5-4-6-16(19)9-15/h4-6,9,13H,7-8,10-12,14H2,1-3H3. The van der Waals surface area contributed by atoms with E-state index in [0.29, 0.717) is 19.9 Å². The lowest BCUT2D eigenvalue weighted by molar-refractivity contribution is -0.0619. The topological polar surface area (TPSA) is 49.2 Å². The molecule has 3 rings (SSSR count). The molecule has 0 atom stereocenters. The first kappa shape index (κ1) is 18.8. The zero-order valence-electron chi connectivity index (χ0n) is 15.2. The molecule has 2 aromatic rings. The Morgan fingerprint density at radius 3 is 2.76 bits per heavy atom. The average Bonchev–Trinajstić information content (AvgIpc) is 2.93. The van der Waals surface area contributed by atoms with Crippen molar-refractivity contribution in [3.05, 3.63) is 46.5 Å². The molecule has 0 unspecified atom stereocenters. The lowest BCUT2D eigenvalue weighted by Gasteiger charge is -2.41. The fourth-order valence-electron chi connectivity index (χ4n) is 2.90. The largest absolute Gasteiger partial charge is 0.379 e. The number of halogens is 1. The van der Waals surface area contributed by atoms with Crippen LogP contribution < -0.4 is 0 Å². The predicted molar refractivity (Wildman–Crippen MR) is 104 cm³/mol. The fraction of sp³-hybridized carbons (Fsp3) is 0.556. The third kappa shape index (κ3) is 4.78. The Bertz CT molecular complexity index is 710. The van der Waals surface area contributed by atoms with Crippen LogP contribution in [-0.2, 0) is 28.0 Å². The summed E-state index contributed by atoms with van der Waals surface area (Å²) in [5, 5.41) is 4.35. The van der Waals surface area contributed by atoms with E-state index < -0.39 is 8.07 Å². The highest BCUT2D eigenvalue weighted by Crippen LogP contribution is 2.36. The normalized spacial score (nSPS) is 16.6. The number of benzene rings is 1. The molecule has 0 radical (unpaired) electrons. The molecule has 1 aromatic carbocycles. The minimum atomic E-state index is -1.07. The summed E-state index contributed by atoms with van der Waals surface area (Å²) in [5.41, 5.74) is 1.26. The van der Waals surface area contributed by atoms with Crippen LogP contribution in [0.2, 0.25) is 25.7 Å². The Hall–Kier alpha value is -1.02. The van der Waals surface area contributed by atoms with Gasteiger partial charge in [0.15, 0.2) is 0 Å². The number of rotatable bonds is 8. The molecule has 2 heterocycles. The molecule has 0 saturated carbocycles. The molecular formula is C18H26BrN3O2Si. The van der Waals surface area contributed by atoms with E-state index in [0.717, 1.165) is 29.4 Å². The second-order valence-corrected chi connectivity index (χ2v) is 14.5. The lowest BCUT2D eigenvalue weighted by Crippen LogP contribution is -2.49. The van der Waals surface area contributed by atoms with Crippen LogP contribution in [0.3, 0.4) is 0 Å². The molecule has 0 aliphatic carbocycles. The molecule has 1 aliphatic rings. The maximum absolute atomic E-state index is 5.84. The molecule has 136 valence electrons. The lowest BCUT2D eigenvalue weighted by atomic mass is 9.75. The van der Waals surface area contributed by atoms with Crippen LogP contribution in [-0.4, -0.2) is 42.7 Å². The van der Waals surface area contributed by atoms with Gasteiger partial charge < -0.3 is 9.47 Å². The maximum atomic E-state index is 5.84. The van der Waals surface area contributed by atoms with Gasteiger partial charge in [0, 0.05) is 31.0 Å². The fourth-order valence-corrected chi connectivity index (χ4v) is 4.06. The summed E-state index contributed by atoms with van der Waals surface area (Å²) in [7, 11) is -1.07. The maximum Gasteiger partial charge on any atom is 0.141 e. The number of hydrogen-bond acceptors (Lipinski definition) is 4. The van der Waals surface area contributed by atoms with Crippen molar-refractivity contribution in [2.24, 2.45) is 0 Å². The van der Waals surface area contributed by atoms with Crippen LogP contribution in [0.1, 0.15) is 11.4 Å². The molecule has 1 aromatic heterocycles. The molecule has 5 nitrogen and oxygen atoms in total. The van der Waals surface area contributed by atoms with Crippen molar-refractivity contribution in [2.75, 3.05) is 19.8 Å². The highest BCUT2D eigenvalue weighted by atomic mass is 79.9. The zero-order chi connectivity index (χ0) is 17.9. The first-order valence-corrected chi connectivity index (χ1v) is 13.2. The van der Waals surface area contributed by atoms with Gasteiger partial charge in [0.25, 0.3) is 0 Å². The van der Waals surface area contributed by atoms with E-state index >= 15 is 0 Å². The van der Waals surface area contributed by atoms with Gasteiger partial charge in [0.05, 0.1) is 13.2 Å². The molecule has 1 saturated heterocycles. The number of hydrogen-bond donors (Lipinski definition) is 0. The van der Waals surface area contributed by atoms with Crippen molar-refractivity contribution < 1.29 is 9.47 Å². The number of nitrogens with zero attached hydrogens (tertiary/aromatic N) is 3. The average molecular weight is 424 g/mol. The van der Waals surface area contributed by atoms with E-state index in [2.05, 4.69) is 63.9 Å². The predicted octanol–water partition coefficient (Wildman–Crippen LogP) is 3.86. The van der Waals surface area contributed by atoms with E-state index in [-0.39, 0.29) is 5.41 Å². The number of ether oxygens (including phenoxy) is 2. The van der Waals surface area contributed by atoms with Gasteiger partial charge >= 0.3 is 0 Å². The van der Waals surface area contributed by atoms with E-state index in [4.69, 9.17) is 9.47 Å². The van der Waals surface area contributed by atoms with Gasteiger partial charge in [-0.3, -0.25) is 0 Å². The van der Waals surface area contributed by atoms with Crippen LogP contribution in [0.5, 0.6) is 0 Å². The minimum Gasteiger partial charge on any atom is -0.379 e. The minimum absolute atomic E-state index is 0.0209. The first-order valence-electron chi connectivity index (χ1n) is 8.66. The van der Waals surface area contributed by atoms with E-state index in [1.807, 2.05) is 10.7 Å². The van der Waals surface area contributed by atoms with Crippen molar-refractivity contribution in [2.45, 2.75) is 44.3 Å². The molecule has 1 fully saturated rings. The molecule has 0 amide bonds. The summed E-state index contributed by atoms with van der Waals surface area (Å²) in [6.45, 7) is 9.75. The van der Waals surface area contributed by atoms with Gasteiger partial charge in [-0.1, -0.05) is 47.7 Å². The van der Waals surface area contributed by atoms with Gasteiger partial charge in [-0.15, -0.1) is 0 Å². The van der Waals surface area contributed by atoms with Gasteiger partial charge in [-0.2, -0.15) is 5.10 Å². The SMILES string of the molecule is C[Si](C)(C)CCOCn1ncnc1CC1(c2cccc(Br)c2)COC1. The quantitative estimate of drug-likeness (QED) is 0.477. The molecule has 0 bridgehead atoms. The third-order valence-electron chi connectivity index (χ3n) is 4.60. The number of aromatic nitrogens is 3. The summed E-state index contributed by atoms with van der Waals surface area (Å²) in [5.74, 6) is 0.955. The van der Waals surface area contributed by atoms with E-state index in [9.17, 15) is 0 Å². The van der Waals surface area contributed by atoms with Crippen molar-refractivity contribution in [3.63, 3.8) is 0 Å². The molecule has 0 spiro atoms. The van der Waals surface area contributed by atoms with Gasteiger partial charge in [-0.05, 0) is 23.7 Å². The highest BCUT2D eigenvalue weighted by Gasteiger charge is 2.41. The summed E-state index contributed by atoms with van der Waals surface area (Å²) in [6.07, 6.45) is 2.42. The Labute approximate surface area is 158 Å². The molecular weight excluding hydrogens is 398 g/mol. The van der Waals surface area contributed by atoms with Crippen LogP contribution >= 0.6 is 15.9 Å². The third-order valence-corrected chi connectivity index (χ3v) is 6.79. The molecule has 0 N–H and O–H groups in total. The molecule has 7 heteroatoms. The van der Waals surface area contributed by atoms with E-state index in [1.54, 1.807) is 6.33 Å². The second-order valence-electron chi connectivity index (χ2n) is 7.98. The van der Waals surface area contributed by atoms with E-state index in [1.165, 1.54) is 5.56 Å². The van der Waals surface area contributed by atoms with Crippen molar-refractivity contribution in [1.29, 1.82) is 0 Å². The van der Waals surface area contributed by atoms with Gasteiger partial charge in [0.1, 0.15) is 18.9 Å². The van der Waals surface area contributed by atoms with Crippen LogP contribution in [0.25, 0.3) is 0 Å². The summed E-state index contributed by atoms with van der Waals surface area (Å²) >= 11 is 3.57. The van der Waals surface area contributed by atoms with Crippen molar-refractivity contribution in [1.82, 2.24) is 14.8 Å². The molecule has 25 heavy (non-hydrogen) atoms. The summed E-state index contributed by atoms with van der Waals surface area (Å²) in [4.78, 5) is 4.47. The highest BCUT2D eigenvalue weighted by molar-refractivity contribution is 9.10. The second kappa shape index (κ2) is 7.69. The van der Waals surface area contributed by atoms with Gasteiger partial charge in [0.2, 0.25) is 0 Å². The smallest absolute Gasteiger partial charge is 0.141 e. The van der Waals surface area contributed by atoms with Crippen LogP contribution in [0.15, 0.2) is 35.1 Å². The van der Waals surface area contributed by atoms with Crippen molar-refractivity contribution in [3.8, 4) is 0 Å². The van der Waals surface area contributed by atoms with Gasteiger partial charge in [-0.25, -0.2) is 9.67 Å². The Morgan fingerprint density at radius 1 is 1.32 bits per heavy atom. The van der Waals surface area contributed by atoms with Crippen LogP contribution in [0.4, 0.5) is 0 Å². The Morgan fingerprint density at radius 2 is 2.12 bits per heavy atom. The summed E-state index contributed by atoms with van der Waals surface area (Å²) in [6, 6.07) is 9.62. The Balaban J connectivity index is 1.66. The Kier molecular flexibility index (Phi) is 5.77. The van der Waals surface area contributed by atoms with Crippen LogP contribution in [0, 0.1) is 0 Å². The zero-order valence-corrected chi connectivity index (χ0v) is 17.8. The monoisotopic (exact) mass is 423 g/mol. The summed E-state index contributed by atoms with van der Waals surface area (Å²) < 4.78 is 14.4. The first-order chi connectivity index (χ1) is 11.9.